The number of ether oxygens (including phenoxy) is 1. The molecule has 1 unspecified atom stereocenters. The van der Waals surface area contributed by atoms with Gasteiger partial charge in [0.2, 0.25) is 0 Å². The summed E-state index contributed by atoms with van der Waals surface area (Å²) >= 11 is 0. The number of hydrogen-bond acceptors (Lipinski definition) is 3. The van der Waals surface area contributed by atoms with Crippen LogP contribution in [0.15, 0.2) is 0 Å². The van der Waals surface area contributed by atoms with E-state index in [1.54, 1.807) is 7.11 Å². The van der Waals surface area contributed by atoms with Gasteiger partial charge in [0, 0.05) is 18.4 Å². The summed E-state index contributed by atoms with van der Waals surface area (Å²) in [6.45, 7) is 4.01. The van der Waals surface area contributed by atoms with Crippen molar-refractivity contribution >= 4 is 12.6 Å². The zero-order chi connectivity index (χ0) is 9.61. The third kappa shape index (κ3) is 4.23. The van der Waals surface area contributed by atoms with E-state index in [1.807, 2.05) is 13.8 Å². The van der Waals surface area contributed by atoms with Gasteiger partial charge < -0.3 is 14.3 Å². The molecule has 12 heavy (non-hydrogen) atoms. The molecule has 0 aliphatic carbocycles. The van der Waals surface area contributed by atoms with Gasteiger partial charge in [-0.1, -0.05) is 13.8 Å². The Morgan fingerprint density at radius 2 is 2.00 bits per heavy atom. The number of aldehydes is 2. The second-order valence-electron chi connectivity index (χ2n) is 3.66. The Morgan fingerprint density at radius 1 is 1.42 bits per heavy atom. The van der Waals surface area contributed by atoms with Gasteiger partial charge in [0.25, 0.3) is 0 Å². The lowest BCUT2D eigenvalue weighted by Crippen LogP contribution is -2.22. The molecule has 1 atom stereocenters. The summed E-state index contributed by atoms with van der Waals surface area (Å²) in [6.07, 6.45) is 2.27. The van der Waals surface area contributed by atoms with E-state index in [2.05, 4.69) is 0 Å². The standard InChI is InChI=1S/C9H16O3/c1-9(2,7-11)4-8(5-10)6-12-3/h5,7-8H,4,6H2,1-3H3. The third-order valence-corrected chi connectivity index (χ3v) is 1.68. The van der Waals surface area contributed by atoms with Crippen molar-refractivity contribution in [2.45, 2.75) is 20.3 Å². The fraction of sp³-hybridized carbons (Fsp3) is 0.778. The number of carbonyl (C=O) groups is 2. The van der Waals surface area contributed by atoms with Crippen LogP contribution in [0.25, 0.3) is 0 Å². The first-order chi connectivity index (χ1) is 5.55. The van der Waals surface area contributed by atoms with Crippen LogP contribution < -0.4 is 0 Å². The van der Waals surface area contributed by atoms with E-state index in [-0.39, 0.29) is 5.92 Å². The average Bonchev–Trinajstić information content (AvgIpc) is 2.03. The van der Waals surface area contributed by atoms with Gasteiger partial charge in [0.15, 0.2) is 0 Å². The zero-order valence-electron chi connectivity index (χ0n) is 7.87. The van der Waals surface area contributed by atoms with Crippen molar-refractivity contribution in [1.82, 2.24) is 0 Å². The maximum absolute atomic E-state index is 10.5. The smallest absolute Gasteiger partial charge is 0.125 e. The van der Waals surface area contributed by atoms with Crippen molar-refractivity contribution in [3.8, 4) is 0 Å². The average molecular weight is 172 g/mol. The Morgan fingerprint density at radius 3 is 2.33 bits per heavy atom. The number of hydrogen-bond donors (Lipinski definition) is 0. The molecule has 0 aromatic heterocycles. The normalized spacial score (nSPS) is 13.9. The lowest BCUT2D eigenvalue weighted by Gasteiger charge is -2.20. The minimum absolute atomic E-state index is 0.171. The first kappa shape index (κ1) is 11.3. The van der Waals surface area contributed by atoms with E-state index in [0.717, 1.165) is 12.6 Å². The Bertz CT molecular complexity index is 152. The highest BCUT2D eigenvalue weighted by molar-refractivity contribution is 5.60. The molecule has 0 amide bonds. The minimum atomic E-state index is -0.426. The van der Waals surface area contributed by atoms with Gasteiger partial charge >= 0.3 is 0 Å². The van der Waals surface area contributed by atoms with Crippen molar-refractivity contribution in [3.63, 3.8) is 0 Å². The van der Waals surface area contributed by atoms with Crippen LogP contribution >= 0.6 is 0 Å². The summed E-state index contributed by atoms with van der Waals surface area (Å²) in [5.41, 5.74) is -0.426. The summed E-state index contributed by atoms with van der Waals surface area (Å²) in [4.78, 5) is 21.0. The molecule has 0 spiro atoms. The van der Waals surface area contributed by atoms with E-state index >= 15 is 0 Å². The fourth-order valence-corrected chi connectivity index (χ4v) is 1.08. The molecule has 0 aliphatic heterocycles. The van der Waals surface area contributed by atoms with Crippen molar-refractivity contribution < 1.29 is 14.3 Å². The highest BCUT2D eigenvalue weighted by Gasteiger charge is 2.22. The number of rotatable bonds is 6. The van der Waals surface area contributed by atoms with E-state index in [0.29, 0.717) is 13.0 Å². The molecule has 0 heterocycles. The van der Waals surface area contributed by atoms with E-state index < -0.39 is 5.41 Å². The predicted molar refractivity (Wildman–Crippen MR) is 45.9 cm³/mol. The third-order valence-electron chi connectivity index (χ3n) is 1.68. The monoisotopic (exact) mass is 172 g/mol. The number of carbonyl (C=O) groups excluding carboxylic acids is 2. The molecule has 0 aliphatic rings. The molecule has 0 saturated carbocycles. The van der Waals surface area contributed by atoms with E-state index in [9.17, 15) is 9.59 Å². The molecule has 70 valence electrons. The minimum Gasteiger partial charge on any atom is -0.384 e. The molecule has 0 radical (unpaired) electrons. The second-order valence-corrected chi connectivity index (χ2v) is 3.66. The summed E-state index contributed by atoms with van der Waals surface area (Å²) in [5.74, 6) is -0.171. The van der Waals surface area contributed by atoms with Crippen LogP contribution in [0, 0.1) is 11.3 Å². The van der Waals surface area contributed by atoms with Crippen molar-refractivity contribution in [3.05, 3.63) is 0 Å². The van der Waals surface area contributed by atoms with E-state index in [1.165, 1.54) is 0 Å². The SMILES string of the molecule is COCC(C=O)CC(C)(C)C=O. The van der Waals surface area contributed by atoms with Crippen LogP contribution in [-0.4, -0.2) is 26.3 Å². The largest absolute Gasteiger partial charge is 0.384 e. The molecular formula is C9H16O3. The summed E-state index contributed by atoms with van der Waals surface area (Å²) in [7, 11) is 1.55. The highest BCUT2D eigenvalue weighted by Crippen LogP contribution is 2.21. The molecule has 0 fully saturated rings. The molecule has 0 bridgehead atoms. The summed E-state index contributed by atoms with van der Waals surface area (Å²) in [5, 5.41) is 0. The van der Waals surface area contributed by atoms with Crippen molar-refractivity contribution in [2.75, 3.05) is 13.7 Å². The van der Waals surface area contributed by atoms with Gasteiger partial charge in [0.1, 0.15) is 12.6 Å². The van der Waals surface area contributed by atoms with Gasteiger partial charge in [-0.3, -0.25) is 0 Å². The molecule has 0 aromatic rings. The van der Waals surface area contributed by atoms with E-state index in [4.69, 9.17) is 4.74 Å². The van der Waals surface area contributed by atoms with Crippen LogP contribution in [0.2, 0.25) is 0 Å². The Labute approximate surface area is 73.1 Å². The van der Waals surface area contributed by atoms with Crippen LogP contribution in [0.5, 0.6) is 0 Å². The quantitative estimate of drug-likeness (QED) is 0.563. The van der Waals surface area contributed by atoms with Crippen LogP contribution in [0.4, 0.5) is 0 Å². The van der Waals surface area contributed by atoms with Crippen molar-refractivity contribution in [2.24, 2.45) is 11.3 Å². The van der Waals surface area contributed by atoms with Gasteiger partial charge in [-0.05, 0) is 6.42 Å². The van der Waals surface area contributed by atoms with Crippen LogP contribution in [-0.2, 0) is 14.3 Å². The lowest BCUT2D eigenvalue weighted by molar-refractivity contribution is -0.118. The lowest BCUT2D eigenvalue weighted by atomic mass is 9.85. The first-order valence-corrected chi connectivity index (χ1v) is 3.96. The molecule has 0 saturated heterocycles. The Balaban J connectivity index is 4.00. The zero-order valence-corrected chi connectivity index (χ0v) is 7.87. The number of methoxy groups -OCH3 is 1. The van der Waals surface area contributed by atoms with Gasteiger partial charge in [-0.15, -0.1) is 0 Å². The molecule has 3 nitrogen and oxygen atoms in total. The Kier molecular flexibility index (Phi) is 4.74. The molecule has 0 rings (SSSR count). The maximum atomic E-state index is 10.5. The summed E-state index contributed by atoms with van der Waals surface area (Å²) in [6, 6.07) is 0. The van der Waals surface area contributed by atoms with Gasteiger partial charge in [0.05, 0.1) is 6.61 Å². The van der Waals surface area contributed by atoms with Crippen molar-refractivity contribution in [1.29, 1.82) is 0 Å². The fourth-order valence-electron chi connectivity index (χ4n) is 1.08. The first-order valence-electron chi connectivity index (χ1n) is 3.96. The molecule has 0 N–H and O–H groups in total. The van der Waals surface area contributed by atoms with Crippen LogP contribution in [0.1, 0.15) is 20.3 Å². The summed E-state index contributed by atoms with van der Waals surface area (Å²) < 4.78 is 4.84. The van der Waals surface area contributed by atoms with Gasteiger partial charge in [-0.2, -0.15) is 0 Å². The molecular weight excluding hydrogens is 156 g/mol. The van der Waals surface area contributed by atoms with Crippen LogP contribution in [0.3, 0.4) is 0 Å². The molecule has 0 aromatic carbocycles. The highest BCUT2D eigenvalue weighted by atomic mass is 16.5. The second kappa shape index (κ2) is 5.04. The Hall–Kier alpha value is -0.700. The van der Waals surface area contributed by atoms with Gasteiger partial charge in [-0.25, -0.2) is 0 Å². The topological polar surface area (TPSA) is 43.4 Å². The predicted octanol–water partition coefficient (Wildman–Crippen LogP) is 1.06. The maximum Gasteiger partial charge on any atom is 0.125 e. The molecule has 3 heteroatoms.